The molecule has 2 N–H and O–H groups in total. The van der Waals surface area contributed by atoms with Crippen LogP contribution in [0.3, 0.4) is 0 Å². The highest BCUT2D eigenvalue weighted by Gasteiger charge is 2.08. The van der Waals surface area contributed by atoms with Crippen LogP contribution in [0.1, 0.15) is 16.8 Å². The molecule has 0 aliphatic rings. The van der Waals surface area contributed by atoms with Gasteiger partial charge in [0.25, 0.3) is 0 Å². The maximum Gasteiger partial charge on any atom is 0.226 e. The van der Waals surface area contributed by atoms with Crippen LogP contribution < -0.4 is 10.6 Å². The highest BCUT2D eigenvalue weighted by molar-refractivity contribution is 14.0. The fraction of sp³-hybridized carbons (Fsp3) is 0.238. The minimum Gasteiger partial charge on any atom is -0.444 e. The van der Waals surface area contributed by atoms with Crippen LogP contribution in [0, 0.1) is 6.92 Å². The number of hydrogen-bond acceptors (Lipinski definition) is 4. The molecule has 2 aromatic carbocycles. The molecule has 28 heavy (non-hydrogen) atoms. The van der Waals surface area contributed by atoms with Gasteiger partial charge in [-0.1, -0.05) is 30.3 Å². The van der Waals surface area contributed by atoms with E-state index in [0.717, 1.165) is 17.2 Å². The average Bonchev–Trinajstić information content (AvgIpc) is 3.18. The van der Waals surface area contributed by atoms with Crippen molar-refractivity contribution in [3.63, 3.8) is 0 Å². The lowest BCUT2D eigenvalue weighted by atomic mass is 10.1. The Morgan fingerprint density at radius 3 is 2.57 bits per heavy atom. The SMILES string of the molecule is CN=C(NCc1coc(-c2ccccc2)n1)NCc1ccc(C)cc1SC.I. The summed E-state index contributed by atoms with van der Waals surface area (Å²) in [5.41, 5.74) is 4.32. The summed E-state index contributed by atoms with van der Waals surface area (Å²) >= 11 is 1.76. The first kappa shape index (κ1) is 22.3. The first-order valence-corrected chi connectivity index (χ1v) is 10.00. The number of aromatic nitrogens is 1. The van der Waals surface area contributed by atoms with Gasteiger partial charge in [-0.3, -0.25) is 4.99 Å². The van der Waals surface area contributed by atoms with Crippen molar-refractivity contribution in [3.05, 3.63) is 71.6 Å². The normalized spacial score (nSPS) is 11.0. The number of aliphatic imine (C=N–C) groups is 1. The Morgan fingerprint density at radius 1 is 1.11 bits per heavy atom. The van der Waals surface area contributed by atoms with E-state index >= 15 is 0 Å². The van der Waals surface area contributed by atoms with E-state index in [1.165, 1.54) is 16.0 Å². The molecule has 0 aliphatic heterocycles. The number of halogens is 1. The minimum atomic E-state index is 0. The van der Waals surface area contributed by atoms with Crippen molar-refractivity contribution >= 4 is 41.7 Å². The van der Waals surface area contributed by atoms with Crippen molar-refractivity contribution in [2.24, 2.45) is 4.99 Å². The summed E-state index contributed by atoms with van der Waals surface area (Å²) in [7, 11) is 1.76. The summed E-state index contributed by atoms with van der Waals surface area (Å²) in [6, 6.07) is 16.4. The van der Waals surface area contributed by atoms with Gasteiger partial charge < -0.3 is 15.1 Å². The standard InChI is InChI=1S/C21H24N4OS.HI/c1-15-9-10-17(19(11-15)27-3)12-23-21(22-2)24-13-18-14-26-20(25-18)16-7-5-4-6-8-16;/h4-11,14H,12-13H2,1-3H3,(H2,22,23,24);1H. The Hall–Kier alpha value is -2.00. The van der Waals surface area contributed by atoms with Crippen LogP contribution >= 0.6 is 35.7 Å². The summed E-state index contributed by atoms with van der Waals surface area (Å²) in [4.78, 5) is 10.1. The number of oxazole rings is 1. The summed E-state index contributed by atoms with van der Waals surface area (Å²) in [6.45, 7) is 3.36. The highest BCUT2D eigenvalue weighted by Crippen LogP contribution is 2.21. The largest absolute Gasteiger partial charge is 0.444 e. The number of nitrogens with one attached hydrogen (secondary N) is 2. The number of benzene rings is 2. The van der Waals surface area contributed by atoms with Crippen LogP contribution in [0.5, 0.6) is 0 Å². The number of aryl methyl sites for hydroxylation is 1. The fourth-order valence-electron chi connectivity index (χ4n) is 2.67. The number of rotatable bonds is 6. The van der Waals surface area contributed by atoms with Gasteiger partial charge in [0.1, 0.15) is 6.26 Å². The van der Waals surface area contributed by atoms with Crippen LogP contribution in [-0.4, -0.2) is 24.2 Å². The first-order chi connectivity index (χ1) is 13.2. The van der Waals surface area contributed by atoms with Gasteiger partial charge in [-0.2, -0.15) is 0 Å². The number of guanidine groups is 1. The molecule has 0 saturated heterocycles. The van der Waals surface area contributed by atoms with Gasteiger partial charge in [0.2, 0.25) is 5.89 Å². The molecule has 1 heterocycles. The summed E-state index contributed by atoms with van der Waals surface area (Å²) in [6.07, 6.45) is 3.77. The van der Waals surface area contributed by atoms with Gasteiger partial charge in [0.15, 0.2) is 5.96 Å². The predicted octanol–water partition coefficient (Wildman–Crippen LogP) is 4.86. The van der Waals surface area contributed by atoms with E-state index in [1.807, 2.05) is 30.3 Å². The molecule has 148 valence electrons. The van der Waals surface area contributed by atoms with Crippen molar-refractivity contribution in [1.82, 2.24) is 15.6 Å². The molecular weight excluding hydrogens is 483 g/mol. The van der Waals surface area contributed by atoms with Gasteiger partial charge >= 0.3 is 0 Å². The maximum absolute atomic E-state index is 5.57. The van der Waals surface area contributed by atoms with Crippen LogP contribution in [0.25, 0.3) is 11.5 Å². The monoisotopic (exact) mass is 508 g/mol. The Balaban J connectivity index is 0.00000280. The second-order valence-electron chi connectivity index (χ2n) is 6.10. The third kappa shape index (κ3) is 6.00. The molecule has 0 atom stereocenters. The number of hydrogen-bond donors (Lipinski definition) is 2. The molecule has 5 nitrogen and oxygen atoms in total. The molecule has 7 heteroatoms. The number of nitrogens with zero attached hydrogens (tertiary/aromatic N) is 2. The van der Waals surface area contributed by atoms with E-state index in [-0.39, 0.29) is 24.0 Å². The van der Waals surface area contributed by atoms with E-state index in [1.54, 1.807) is 25.1 Å². The molecule has 3 aromatic rings. The molecule has 3 rings (SSSR count). The third-order valence-corrected chi connectivity index (χ3v) is 4.94. The van der Waals surface area contributed by atoms with Gasteiger partial charge in [-0.25, -0.2) is 4.98 Å². The zero-order valence-corrected chi connectivity index (χ0v) is 19.4. The Kier molecular flexibility index (Phi) is 8.85. The van der Waals surface area contributed by atoms with Crippen molar-refractivity contribution in [2.75, 3.05) is 13.3 Å². The second kappa shape index (κ2) is 11.1. The van der Waals surface area contributed by atoms with E-state index in [0.29, 0.717) is 19.0 Å². The van der Waals surface area contributed by atoms with Crippen LogP contribution in [0.15, 0.2) is 69.1 Å². The molecule has 0 amide bonds. The Bertz CT molecular complexity index is 912. The van der Waals surface area contributed by atoms with Gasteiger partial charge in [-0.15, -0.1) is 35.7 Å². The lowest BCUT2D eigenvalue weighted by molar-refractivity contribution is 0.572. The molecule has 0 unspecified atom stereocenters. The molecule has 1 aromatic heterocycles. The minimum absolute atomic E-state index is 0. The summed E-state index contributed by atoms with van der Waals surface area (Å²) in [5.74, 6) is 1.35. The first-order valence-electron chi connectivity index (χ1n) is 8.77. The topological polar surface area (TPSA) is 62.5 Å². The second-order valence-corrected chi connectivity index (χ2v) is 6.95. The Morgan fingerprint density at radius 2 is 1.86 bits per heavy atom. The van der Waals surface area contributed by atoms with Gasteiger partial charge in [-0.05, 0) is 42.5 Å². The van der Waals surface area contributed by atoms with Crippen LogP contribution in [0.2, 0.25) is 0 Å². The summed E-state index contributed by atoms with van der Waals surface area (Å²) in [5, 5.41) is 6.63. The average molecular weight is 508 g/mol. The molecular formula is C21H25IN4OS. The van der Waals surface area contributed by atoms with Crippen LogP contribution in [-0.2, 0) is 13.1 Å². The van der Waals surface area contributed by atoms with Crippen molar-refractivity contribution in [1.29, 1.82) is 0 Å². The maximum atomic E-state index is 5.57. The summed E-state index contributed by atoms with van der Waals surface area (Å²) < 4.78 is 5.57. The zero-order valence-electron chi connectivity index (χ0n) is 16.2. The van der Waals surface area contributed by atoms with Crippen LogP contribution in [0.4, 0.5) is 0 Å². The molecule has 0 spiro atoms. The Labute approximate surface area is 187 Å². The van der Waals surface area contributed by atoms with E-state index in [2.05, 4.69) is 52.0 Å². The van der Waals surface area contributed by atoms with Gasteiger partial charge in [0.05, 0.1) is 12.2 Å². The quantitative estimate of drug-likeness (QED) is 0.216. The molecule has 0 fully saturated rings. The molecule has 0 saturated carbocycles. The lowest BCUT2D eigenvalue weighted by Crippen LogP contribution is -2.36. The third-order valence-electron chi connectivity index (χ3n) is 4.12. The predicted molar refractivity (Wildman–Crippen MR) is 127 cm³/mol. The highest BCUT2D eigenvalue weighted by atomic mass is 127. The van der Waals surface area contributed by atoms with E-state index in [4.69, 9.17) is 4.42 Å². The molecule has 0 aliphatic carbocycles. The van der Waals surface area contributed by atoms with Gasteiger partial charge in [0, 0.05) is 24.1 Å². The van der Waals surface area contributed by atoms with E-state index < -0.39 is 0 Å². The van der Waals surface area contributed by atoms with Crippen molar-refractivity contribution in [3.8, 4) is 11.5 Å². The van der Waals surface area contributed by atoms with Crippen molar-refractivity contribution in [2.45, 2.75) is 24.9 Å². The lowest BCUT2D eigenvalue weighted by Gasteiger charge is -2.13. The molecule has 0 radical (unpaired) electrons. The zero-order chi connectivity index (χ0) is 19.1. The molecule has 0 bridgehead atoms. The number of thioether (sulfide) groups is 1. The fourth-order valence-corrected chi connectivity index (χ4v) is 3.38. The van der Waals surface area contributed by atoms with E-state index in [9.17, 15) is 0 Å². The smallest absolute Gasteiger partial charge is 0.226 e. The van der Waals surface area contributed by atoms with Crippen molar-refractivity contribution < 1.29 is 4.42 Å².